The molecule has 0 spiro atoms. The van der Waals surface area contributed by atoms with Gasteiger partial charge in [-0.15, -0.1) is 0 Å². The molecule has 3 N–H and O–H groups in total. The number of hydroxylamine groups is 2. The quantitative estimate of drug-likeness (QED) is 0.382. The van der Waals surface area contributed by atoms with E-state index in [1.807, 2.05) is 7.05 Å². The minimum atomic E-state index is -0.469. The van der Waals surface area contributed by atoms with E-state index in [1.54, 1.807) is 0 Å². The Morgan fingerprint density at radius 2 is 2.09 bits per heavy atom. The third-order valence-electron chi connectivity index (χ3n) is 4.93. The third kappa shape index (κ3) is 2.68. The number of piperidine rings is 2. The SMILES string of the molecule is CN1CCC[C@H](C(=O)NC(=N)[C@@H]2CC[C@@H]3CN2C(=O)N3O)C1. The summed E-state index contributed by atoms with van der Waals surface area (Å²) in [6.45, 7) is 2.13. The van der Waals surface area contributed by atoms with E-state index in [-0.39, 0.29) is 23.7 Å². The van der Waals surface area contributed by atoms with Gasteiger partial charge in [-0.3, -0.25) is 15.4 Å². The molecular weight excluding hydrogens is 286 g/mol. The number of carbonyl (C=O) groups excluding carboxylic acids is 2. The van der Waals surface area contributed by atoms with Crippen LogP contribution in [0.3, 0.4) is 0 Å². The topological polar surface area (TPSA) is 100.0 Å². The second-order valence-electron chi connectivity index (χ2n) is 6.53. The summed E-state index contributed by atoms with van der Waals surface area (Å²) in [5, 5.41) is 21.2. The van der Waals surface area contributed by atoms with Gasteiger partial charge in [0, 0.05) is 13.1 Å². The van der Waals surface area contributed by atoms with Gasteiger partial charge in [0.05, 0.1) is 18.0 Å². The summed E-state index contributed by atoms with van der Waals surface area (Å²) >= 11 is 0. The van der Waals surface area contributed by atoms with Gasteiger partial charge in [0.1, 0.15) is 5.84 Å². The number of urea groups is 1. The van der Waals surface area contributed by atoms with E-state index in [0.717, 1.165) is 24.4 Å². The van der Waals surface area contributed by atoms with E-state index in [0.29, 0.717) is 25.9 Å². The fourth-order valence-electron chi connectivity index (χ4n) is 3.65. The van der Waals surface area contributed by atoms with Gasteiger partial charge in [0.15, 0.2) is 0 Å². The molecule has 122 valence electrons. The predicted molar refractivity (Wildman–Crippen MR) is 78.6 cm³/mol. The third-order valence-corrected chi connectivity index (χ3v) is 4.93. The minimum Gasteiger partial charge on any atom is -0.313 e. The molecule has 2 bridgehead atoms. The molecule has 0 aromatic heterocycles. The number of likely N-dealkylation sites (tertiary alicyclic amines) is 1. The number of fused-ring (bicyclic) bond motifs is 2. The van der Waals surface area contributed by atoms with Crippen LogP contribution in [0.4, 0.5) is 4.79 Å². The van der Waals surface area contributed by atoms with Crippen LogP contribution in [0.15, 0.2) is 0 Å². The van der Waals surface area contributed by atoms with Crippen molar-refractivity contribution < 1.29 is 14.8 Å². The molecular formula is C14H23N5O3. The number of rotatable bonds is 2. The predicted octanol–water partition coefficient (Wildman–Crippen LogP) is 0.0795. The molecule has 3 fully saturated rings. The van der Waals surface area contributed by atoms with Crippen molar-refractivity contribution in [1.29, 1.82) is 5.41 Å². The molecule has 3 aliphatic rings. The summed E-state index contributed by atoms with van der Waals surface area (Å²) in [4.78, 5) is 27.8. The van der Waals surface area contributed by atoms with Gasteiger partial charge in [-0.1, -0.05) is 0 Å². The molecule has 3 atom stereocenters. The van der Waals surface area contributed by atoms with Gasteiger partial charge < -0.3 is 15.1 Å². The highest BCUT2D eigenvalue weighted by atomic mass is 16.5. The van der Waals surface area contributed by atoms with Crippen LogP contribution in [0.5, 0.6) is 0 Å². The Hall–Kier alpha value is -1.67. The fourth-order valence-corrected chi connectivity index (χ4v) is 3.65. The molecule has 0 aromatic rings. The molecule has 3 saturated heterocycles. The highest BCUT2D eigenvalue weighted by Gasteiger charge is 2.46. The van der Waals surface area contributed by atoms with E-state index < -0.39 is 12.1 Å². The standard InChI is InChI=1S/C14H23N5O3/c1-17-6-2-3-9(7-17)13(20)16-12(15)11-5-4-10-8-18(11)14(21)19(10)22/h9-11,22H,2-8H2,1H3,(H2,15,16,20)/t9-,10+,11-/m0/s1. The molecule has 3 aliphatic heterocycles. The lowest BCUT2D eigenvalue weighted by Crippen LogP contribution is -2.52. The summed E-state index contributed by atoms with van der Waals surface area (Å²) in [6.07, 6.45) is 3.06. The first-order chi connectivity index (χ1) is 10.5. The van der Waals surface area contributed by atoms with Crippen molar-refractivity contribution in [2.75, 3.05) is 26.7 Å². The average molecular weight is 309 g/mol. The van der Waals surface area contributed by atoms with Crippen molar-refractivity contribution in [2.45, 2.75) is 37.8 Å². The lowest BCUT2D eigenvalue weighted by Gasteiger charge is -2.32. The largest absolute Gasteiger partial charge is 0.344 e. The average Bonchev–Trinajstić information content (AvgIpc) is 2.72. The Bertz CT molecular complexity index is 497. The monoisotopic (exact) mass is 309 g/mol. The zero-order valence-corrected chi connectivity index (χ0v) is 12.8. The molecule has 0 unspecified atom stereocenters. The first-order valence-corrected chi connectivity index (χ1v) is 7.84. The maximum atomic E-state index is 12.3. The van der Waals surface area contributed by atoms with Crippen molar-refractivity contribution in [3.05, 3.63) is 0 Å². The molecule has 8 heteroatoms. The maximum Gasteiger partial charge on any atom is 0.344 e. The second kappa shape index (κ2) is 5.85. The molecule has 3 rings (SSSR count). The zero-order valence-electron chi connectivity index (χ0n) is 12.8. The first-order valence-electron chi connectivity index (χ1n) is 7.84. The number of carbonyl (C=O) groups is 2. The van der Waals surface area contributed by atoms with Gasteiger partial charge in [-0.05, 0) is 39.3 Å². The number of nitrogens with one attached hydrogen (secondary N) is 2. The van der Waals surface area contributed by atoms with Crippen LogP contribution in [0.25, 0.3) is 0 Å². The molecule has 3 amide bonds. The minimum absolute atomic E-state index is 0.0697. The van der Waals surface area contributed by atoms with E-state index in [4.69, 9.17) is 5.41 Å². The smallest absolute Gasteiger partial charge is 0.313 e. The summed E-state index contributed by atoms with van der Waals surface area (Å²) < 4.78 is 0. The second-order valence-corrected chi connectivity index (χ2v) is 6.53. The van der Waals surface area contributed by atoms with Gasteiger partial charge in [-0.25, -0.2) is 9.86 Å². The lowest BCUT2D eigenvalue weighted by molar-refractivity contribution is -0.125. The fraction of sp³-hybridized carbons (Fsp3) is 0.786. The number of amides is 3. The van der Waals surface area contributed by atoms with Gasteiger partial charge in [0.2, 0.25) is 5.91 Å². The molecule has 0 aromatic carbocycles. The van der Waals surface area contributed by atoms with Crippen molar-refractivity contribution in [1.82, 2.24) is 20.2 Å². The number of hydrogen-bond acceptors (Lipinski definition) is 5. The van der Waals surface area contributed by atoms with E-state index in [1.165, 1.54) is 4.90 Å². The summed E-state index contributed by atoms with van der Waals surface area (Å²) in [6, 6.07) is -1.09. The van der Waals surface area contributed by atoms with Crippen LogP contribution in [0.1, 0.15) is 25.7 Å². The van der Waals surface area contributed by atoms with Crippen molar-refractivity contribution in [3.63, 3.8) is 0 Å². The van der Waals surface area contributed by atoms with Crippen LogP contribution < -0.4 is 5.32 Å². The lowest BCUT2D eigenvalue weighted by atomic mass is 9.96. The van der Waals surface area contributed by atoms with Crippen molar-refractivity contribution in [2.24, 2.45) is 5.92 Å². The Morgan fingerprint density at radius 1 is 1.32 bits per heavy atom. The van der Waals surface area contributed by atoms with Gasteiger partial charge in [0.25, 0.3) is 0 Å². The van der Waals surface area contributed by atoms with Crippen LogP contribution >= 0.6 is 0 Å². The van der Waals surface area contributed by atoms with Gasteiger partial charge in [-0.2, -0.15) is 0 Å². The molecule has 8 nitrogen and oxygen atoms in total. The van der Waals surface area contributed by atoms with Crippen LogP contribution in [0.2, 0.25) is 0 Å². The normalized spacial score (nSPS) is 32.3. The van der Waals surface area contributed by atoms with E-state index in [9.17, 15) is 14.8 Å². The van der Waals surface area contributed by atoms with Gasteiger partial charge >= 0.3 is 6.03 Å². The van der Waals surface area contributed by atoms with Crippen LogP contribution in [-0.2, 0) is 4.79 Å². The summed E-state index contributed by atoms with van der Waals surface area (Å²) in [5.41, 5.74) is 0. The molecule has 0 radical (unpaired) electrons. The van der Waals surface area contributed by atoms with Crippen molar-refractivity contribution in [3.8, 4) is 0 Å². The number of hydrogen-bond donors (Lipinski definition) is 3. The highest BCUT2D eigenvalue weighted by Crippen LogP contribution is 2.28. The summed E-state index contributed by atoms with van der Waals surface area (Å²) in [7, 11) is 1.99. The van der Waals surface area contributed by atoms with Crippen LogP contribution in [0, 0.1) is 11.3 Å². The first kappa shape index (κ1) is 15.2. The Kier molecular flexibility index (Phi) is 4.05. The zero-order chi connectivity index (χ0) is 15.9. The highest BCUT2D eigenvalue weighted by molar-refractivity contribution is 6.01. The van der Waals surface area contributed by atoms with E-state index >= 15 is 0 Å². The number of amidine groups is 1. The van der Waals surface area contributed by atoms with Crippen LogP contribution in [-0.4, -0.2) is 76.6 Å². The maximum absolute atomic E-state index is 12.3. The molecule has 0 aliphatic carbocycles. The Morgan fingerprint density at radius 3 is 2.82 bits per heavy atom. The Balaban J connectivity index is 1.60. The Labute approximate surface area is 129 Å². The van der Waals surface area contributed by atoms with Crippen molar-refractivity contribution >= 4 is 17.8 Å². The molecule has 0 saturated carbocycles. The molecule has 3 heterocycles. The van der Waals surface area contributed by atoms with E-state index in [2.05, 4.69) is 10.2 Å². The summed E-state index contributed by atoms with van der Waals surface area (Å²) in [5.74, 6) is -0.162. The molecule has 22 heavy (non-hydrogen) atoms. The number of nitrogens with zero attached hydrogens (tertiary/aromatic N) is 3.